The molecule has 0 saturated heterocycles. The molecule has 1 N–H and O–H groups in total. The van der Waals surface area contributed by atoms with Gasteiger partial charge in [-0.1, -0.05) is 12.0 Å². The van der Waals surface area contributed by atoms with Gasteiger partial charge in [-0.3, -0.25) is 4.79 Å². The van der Waals surface area contributed by atoms with E-state index in [9.17, 15) is 13.2 Å². The second-order valence-corrected chi connectivity index (χ2v) is 7.75. The van der Waals surface area contributed by atoms with Crippen LogP contribution in [0.3, 0.4) is 0 Å². The normalized spacial score (nSPS) is 11.0. The summed E-state index contributed by atoms with van der Waals surface area (Å²) >= 11 is 1.60. The third-order valence-corrected chi connectivity index (χ3v) is 5.65. The second kappa shape index (κ2) is 8.11. The van der Waals surface area contributed by atoms with Crippen LogP contribution in [0.5, 0.6) is 0 Å². The number of thiophene rings is 1. The predicted molar refractivity (Wildman–Crippen MR) is 95.2 cm³/mol. The van der Waals surface area contributed by atoms with Crippen LogP contribution in [-0.2, 0) is 16.6 Å². The van der Waals surface area contributed by atoms with Gasteiger partial charge in [0.05, 0.1) is 18.0 Å². The summed E-state index contributed by atoms with van der Waals surface area (Å²) in [6.45, 7) is 2.94. The minimum Gasteiger partial charge on any atom is -0.334 e. The van der Waals surface area contributed by atoms with Gasteiger partial charge in [0, 0.05) is 17.0 Å². The number of carbonyl (C=O) groups is 1. The number of sulfonamides is 1. The van der Waals surface area contributed by atoms with Crippen molar-refractivity contribution in [3.8, 4) is 12.3 Å². The molecule has 0 unspecified atom stereocenters. The zero-order valence-electron chi connectivity index (χ0n) is 13.2. The lowest BCUT2D eigenvalue weighted by Gasteiger charge is -2.20. The van der Waals surface area contributed by atoms with E-state index in [1.807, 2.05) is 24.4 Å². The Morgan fingerprint density at radius 3 is 2.54 bits per heavy atom. The van der Waals surface area contributed by atoms with Crippen LogP contribution in [0, 0.1) is 12.3 Å². The van der Waals surface area contributed by atoms with Crippen LogP contribution in [-0.4, -0.2) is 32.3 Å². The van der Waals surface area contributed by atoms with Crippen molar-refractivity contribution in [3.05, 3.63) is 52.2 Å². The number of rotatable bonds is 7. The molecule has 0 fully saturated rings. The fourth-order valence-corrected chi connectivity index (χ4v) is 3.75. The Hall–Kier alpha value is -2.14. The molecule has 1 amide bonds. The molecule has 0 bridgehead atoms. The maximum Gasteiger partial charge on any atom is 0.254 e. The van der Waals surface area contributed by atoms with Crippen molar-refractivity contribution in [2.75, 3.05) is 13.1 Å². The summed E-state index contributed by atoms with van der Waals surface area (Å²) in [7, 11) is -3.65. The van der Waals surface area contributed by atoms with E-state index in [1.54, 1.807) is 16.2 Å². The quantitative estimate of drug-likeness (QED) is 0.769. The smallest absolute Gasteiger partial charge is 0.254 e. The van der Waals surface area contributed by atoms with Crippen molar-refractivity contribution in [1.82, 2.24) is 9.62 Å². The molecule has 7 heteroatoms. The Kier molecular flexibility index (Phi) is 6.15. The number of hydrogen-bond donors (Lipinski definition) is 1. The third kappa shape index (κ3) is 4.45. The van der Waals surface area contributed by atoms with Gasteiger partial charge in [-0.05, 0) is 42.6 Å². The van der Waals surface area contributed by atoms with Crippen molar-refractivity contribution >= 4 is 27.3 Å². The van der Waals surface area contributed by atoms with Crippen LogP contribution < -0.4 is 4.72 Å². The molecule has 0 radical (unpaired) electrons. The van der Waals surface area contributed by atoms with Crippen molar-refractivity contribution in [2.24, 2.45) is 0 Å². The van der Waals surface area contributed by atoms with Crippen LogP contribution >= 0.6 is 11.3 Å². The number of benzene rings is 1. The van der Waals surface area contributed by atoms with Crippen molar-refractivity contribution < 1.29 is 13.2 Å². The first-order chi connectivity index (χ1) is 11.5. The average molecular weight is 362 g/mol. The van der Waals surface area contributed by atoms with Gasteiger partial charge < -0.3 is 4.90 Å². The van der Waals surface area contributed by atoms with E-state index < -0.39 is 10.0 Å². The number of nitrogens with zero attached hydrogens (tertiary/aromatic N) is 1. The zero-order chi connectivity index (χ0) is 17.6. The van der Waals surface area contributed by atoms with E-state index in [-0.39, 0.29) is 17.3 Å². The van der Waals surface area contributed by atoms with Gasteiger partial charge in [-0.2, -0.15) is 4.72 Å². The standard InChI is InChI=1S/C17H18N2O3S2/c1-3-11-18-24(21,22)16-9-7-14(8-10-16)17(20)19(4-2)13-15-6-5-12-23-15/h1,5-10,12,18H,4,11,13H2,2H3. The van der Waals surface area contributed by atoms with Gasteiger partial charge in [-0.15, -0.1) is 17.8 Å². The SMILES string of the molecule is C#CCNS(=O)(=O)c1ccc(C(=O)N(CC)Cc2cccs2)cc1. The molecule has 0 atom stereocenters. The van der Waals surface area contributed by atoms with Crippen LogP contribution in [0.2, 0.25) is 0 Å². The number of amides is 1. The molecule has 2 aromatic rings. The summed E-state index contributed by atoms with van der Waals surface area (Å²) in [6.07, 6.45) is 5.06. The molecule has 0 saturated carbocycles. The van der Waals surface area contributed by atoms with Gasteiger partial charge in [0.15, 0.2) is 0 Å². The molecule has 0 spiro atoms. The van der Waals surface area contributed by atoms with Gasteiger partial charge in [0.2, 0.25) is 10.0 Å². The first kappa shape index (κ1) is 18.2. The number of carbonyl (C=O) groups excluding carboxylic acids is 1. The van der Waals surface area contributed by atoms with Crippen LogP contribution in [0.1, 0.15) is 22.2 Å². The highest BCUT2D eigenvalue weighted by molar-refractivity contribution is 7.89. The Balaban J connectivity index is 2.14. The van der Waals surface area contributed by atoms with E-state index in [1.165, 1.54) is 24.3 Å². The first-order valence-electron chi connectivity index (χ1n) is 7.32. The summed E-state index contributed by atoms with van der Waals surface area (Å²) in [4.78, 5) is 15.5. The maximum absolute atomic E-state index is 12.6. The minimum absolute atomic E-state index is 0.0760. The highest BCUT2D eigenvalue weighted by Gasteiger charge is 2.17. The van der Waals surface area contributed by atoms with Crippen molar-refractivity contribution in [3.63, 3.8) is 0 Å². The lowest BCUT2D eigenvalue weighted by molar-refractivity contribution is 0.0754. The molecular formula is C17H18N2O3S2. The Labute approximate surface area is 146 Å². The van der Waals surface area contributed by atoms with Gasteiger partial charge >= 0.3 is 0 Å². The lowest BCUT2D eigenvalue weighted by Crippen LogP contribution is -2.30. The highest BCUT2D eigenvalue weighted by atomic mass is 32.2. The fraction of sp³-hybridized carbons (Fsp3) is 0.235. The number of hydrogen-bond acceptors (Lipinski definition) is 4. The number of terminal acetylenes is 1. The summed E-state index contributed by atoms with van der Waals surface area (Å²) in [5.74, 6) is 2.08. The monoisotopic (exact) mass is 362 g/mol. The van der Waals surface area contributed by atoms with Gasteiger partial charge in [0.25, 0.3) is 5.91 Å². The van der Waals surface area contributed by atoms with Crippen LogP contribution in [0.4, 0.5) is 0 Å². The Morgan fingerprint density at radius 1 is 1.29 bits per heavy atom. The fourth-order valence-electron chi connectivity index (χ4n) is 2.10. The Bertz CT molecular complexity index is 820. The number of nitrogens with one attached hydrogen (secondary N) is 1. The molecule has 0 aliphatic carbocycles. The topological polar surface area (TPSA) is 66.5 Å². The summed E-state index contributed by atoms with van der Waals surface area (Å²) in [5, 5.41) is 1.97. The summed E-state index contributed by atoms with van der Waals surface area (Å²) in [6, 6.07) is 9.78. The van der Waals surface area contributed by atoms with E-state index in [0.29, 0.717) is 18.7 Å². The van der Waals surface area contributed by atoms with E-state index in [4.69, 9.17) is 6.42 Å². The molecule has 1 aromatic carbocycles. The average Bonchev–Trinajstić information content (AvgIpc) is 3.10. The maximum atomic E-state index is 12.6. The minimum atomic E-state index is -3.65. The highest BCUT2D eigenvalue weighted by Crippen LogP contribution is 2.16. The molecule has 1 heterocycles. The van der Waals surface area contributed by atoms with Crippen molar-refractivity contribution in [2.45, 2.75) is 18.4 Å². The molecular weight excluding hydrogens is 344 g/mol. The third-order valence-electron chi connectivity index (χ3n) is 3.37. The van der Waals surface area contributed by atoms with Gasteiger partial charge in [-0.25, -0.2) is 8.42 Å². The van der Waals surface area contributed by atoms with Crippen LogP contribution in [0.15, 0.2) is 46.7 Å². The predicted octanol–water partition coefficient (Wildman–Crippen LogP) is 2.32. The van der Waals surface area contributed by atoms with E-state index in [0.717, 1.165) is 4.88 Å². The molecule has 24 heavy (non-hydrogen) atoms. The first-order valence-corrected chi connectivity index (χ1v) is 9.69. The lowest BCUT2D eigenvalue weighted by atomic mass is 10.2. The van der Waals surface area contributed by atoms with Gasteiger partial charge in [0.1, 0.15) is 0 Å². The van der Waals surface area contributed by atoms with E-state index in [2.05, 4.69) is 10.6 Å². The molecule has 5 nitrogen and oxygen atoms in total. The molecule has 126 valence electrons. The van der Waals surface area contributed by atoms with Crippen molar-refractivity contribution in [1.29, 1.82) is 0 Å². The molecule has 0 aliphatic rings. The Morgan fingerprint density at radius 2 is 2.00 bits per heavy atom. The molecule has 2 rings (SSSR count). The second-order valence-electron chi connectivity index (χ2n) is 4.95. The molecule has 1 aromatic heterocycles. The van der Waals surface area contributed by atoms with E-state index >= 15 is 0 Å². The largest absolute Gasteiger partial charge is 0.334 e. The zero-order valence-corrected chi connectivity index (χ0v) is 14.9. The summed E-state index contributed by atoms with van der Waals surface area (Å²) < 4.78 is 26.2. The summed E-state index contributed by atoms with van der Waals surface area (Å²) in [5.41, 5.74) is 0.448. The van der Waals surface area contributed by atoms with Crippen LogP contribution in [0.25, 0.3) is 0 Å². The molecule has 0 aliphatic heterocycles.